The van der Waals surface area contributed by atoms with E-state index >= 15 is 0 Å². The van der Waals surface area contributed by atoms with Crippen LogP contribution >= 0.6 is 19.3 Å². The van der Waals surface area contributed by atoms with Crippen molar-refractivity contribution in [3.05, 3.63) is 58.6 Å². The minimum absolute atomic E-state index is 0.311. The Morgan fingerprint density at radius 3 is 2.43 bits per heavy atom. The number of benzene rings is 2. The van der Waals surface area contributed by atoms with Gasteiger partial charge in [-0.05, 0) is 63.6 Å². The summed E-state index contributed by atoms with van der Waals surface area (Å²) >= 11 is 5.94. The molecule has 0 radical (unpaired) electrons. The molecule has 2 amide bonds. The molecule has 0 unspecified atom stereocenters. The first-order chi connectivity index (χ1) is 13.0. The molecule has 2 aromatic carbocycles. The smallest absolute Gasteiger partial charge is 0.322 e. The predicted molar refractivity (Wildman–Crippen MR) is 109 cm³/mol. The second-order valence-electron chi connectivity index (χ2n) is 7.71. The number of nitrogens with one attached hydrogen (secondary N) is 1. The zero-order valence-electron chi connectivity index (χ0n) is 15.9. The molecular formula is C20H20ClN2O4P. The van der Waals surface area contributed by atoms with E-state index in [4.69, 9.17) is 11.6 Å². The maximum absolute atomic E-state index is 13.0. The van der Waals surface area contributed by atoms with Crippen molar-refractivity contribution in [2.24, 2.45) is 0 Å². The zero-order valence-corrected chi connectivity index (χ0v) is 17.6. The van der Waals surface area contributed by atoms with Crippen LogP contribution in [-0.4, -0.2) is 17.1 Å². The molecule has 1 N–H and O–H groups in total. The number of rotatable bonds is 4. The first-order valence-corrected chi connectivity index (χ1v) is 10.2. The molecule has 0 saturated carbocycles. The molecule has 146 valence electrons. The van der Waals surface area contributed by atoms with Gasteiger partial charge in [-0.3, -0.25) is 14.5 Å². The van der Waals surface area contributed by atoms with Gasteiger partial charge in [-0.25, -0.2) is 9.13 Å². The van der Waals surface area contributed by atoms with E-state index in [1.807, 2.05) is 0 Å². The van der Waals surface area contributed by atoms with E-state index in [1.54, 1.807) is 56.3 Å². The molecule has 6 nitrogen and oxygen atoms in total. The highest BCUT2D eigenvalue weighted by molar-refractivity contribution is 7.33. The Labute approximate surface area is 168 Å². The number of fused-ring (bicyclic) bond motifs is 1. The molecule has 28 heavy (non-hydrogen) atoms. The van der Waals surface area contributed by atoms with E-state index in [0.29, 0.717) is 27.5 Å². The molecule has 0 bridgehead atoms. The fourth-order valence-corrected chi connectivity index (χ4v) is 3.84. The van der Waals surface area contributed by atoms with Crippen molar-refractivity contribution < 1.29 is 18.7 Å². The minimum Gasteiger partial charge on any atom is -0.322 e. The average Bonchev–Trinajstić information content (AvgIpc) is 2.81. The highest BCUT2D eigenvalue weighted by atomic mass is 35.5. The van der Waals surface area contributed by atoms with E-state index in [1.165, 1.54) is 18.7 Å². The third kappa shape index (κ3) is 3.27. The van der Waals surface area contributed by atoms with Gasteiger partial charge in [0.05, 0.1) is 11.1 Å². The molecule has 0 saturated heterocycles. The topological polar surface area (TPSA) is 83.6 Å². The van der Waals surface area contributed by atoms with E-state index in [-0.39, 0.29) is 11.8 Å². The van der Waals surface area contributed by atoms with E-state index in [0.717, 1.165) is 0 Å². The Kier molecular flexibility index (Phi) is 4.98. The Morgan fingerprint density at radius 1 is 1.14 bits per heavy atom. The van der Waals surface area contributed by atoms with Gasteiger partial charge in [-0.1, -0.05) is 23.7 Å². The van der Waals surface area contributed by atoms with Crippen LogP contribution in [0.4, 0.5) is 11.4 Å². The summed E-state index contributed by atoms with van der Waals surface area (Å²) in [5.74, 6) is -0.703. The second-order valence-corrected chi connectivity index (χ2v) is 9.76. The molecule has 1 aliphatic rings. The Hall–Kier alpha value is -2.43. The summed E-state index contributed by atoms with van der Waals surface area (Å²) in [4.78, 5) is 26.9. The molecule has 0 aliphatic carbocycles. The second kappa shape index (κ2) is 6.87. The van der Waals surface area contributed by atoms with Crippen molar-refractivity contribution in [3.8, 4) is 0 Å². The number of amides is 2. The van der Waals surface area contributed by atoms with Gasteiger partial charge in [0.2, 0.25) is 5.91 Å². The molecule has 0 aromatic heterocycles. The van der Waals surface area contributed by atoms with Gasteiger partial charge in [-0.2, -0.15) is 0 Å². The van der Waals surface area contributed by atoms with Crippen LogP contribution in [0, 0.1) is 0 Å². The van der Waals surface area contributed by atoms with Crippen molar-refractivity contribution in [2.75, 3.05) is 10.2 Å². The number of carbonyl (C=O) groups is 2. The molecule has 1 aliphatic heterocycles. The van der Waals surface area contributed by atoms with Gasteiger partial charge < -0.3 is 5.32 Å². The van der Waals surface area contributed by atoms with E-state index < -0.39 is 18.4 Å². The van der Waals surface area contributed by atoms with Crippen LogP contribution in [-0.2, 0) is 19.3 Å². The SMILES string of the molecule is CC1(C)C(=O)N(C(C)(C)P(=O)=O)c2cc(C(=O)Nc3cccc(Cl)c3)ccc21. The summed E-state index contributed by atoms with van der Waals surface area (Å²) in [7, 11) is -2.93. The summed E-state index contributed by atoms with van der Waals surface area (Å²) in [6.07, 6.45) is 0. The van der Waals surface area contributed by atoms with Gasteiger partial charge in [0.1, 0.15) is 0 Å². The zero-order chi connectivity index (χ0) is 20.9. The largest absolute Gasteiger partial charge is 0.341 e. The number of nitrogens with zero attached hydrogens (tertiary/aromatic N) is 1. The average molecular weight is 419 g/mol. The number of hydrogen-bond acceptors (Lipinski definition) is 4. The maximum atomic E-state index is 13.0. The highest BCUT2D eigenvalue weighted by Crippen LogP contribution is 2.48. The van der Waals surface area contributed by atoms with Crippen molar-refractivity contribution in [3.63, 3.8) is 0 Å². The lowest BCUT2D eigenvalue weighted by Crippen LogP contribution is -2.46. The fourth-order valence-electron chi connectivity index (χ4n) is 3.28. The predicted octanol–water partition coefficient (Wildman–Crippen LogP) is 5.13. The molecule has 0 atom stereocenters. The molecule has 1 heterocycles. The van der Waals surface area contributed by atoms with Crippen LogP contribution < -0.4 is 10.2 Å². The first-order valence-electron chi connectivity index (χ1n) is 8.67. The van der Waals surface area contributed by atoms with Gasteiger partial charge >= 0.3 is 7.68 Å². The summed E-state index contributed by atoms with van der Waals surface area (Å²) < 4.78 is 23.6. The minimum atomic E-state index is -2.93. The number of hydrogen-bond donors (Lipinski definition) is 1. The Bertz CT molecular complexity index is 1050. The van der Waals surface area contributed by atoms with Crippen molar-refractivity contribution in [1.29, 1.82) is 0 Å². The third-order valence-electron chi connectivity index (χ3n) is 4.99. The standard InChI is InChI=1S/C20H20ClN2O4P/c1-19(2)15-9-8-12(17(24)22-14-7-5-6-13(21)11-14)10-16(15)23(18(19)25)20(3,4)28(26)27/h5-11H,1-4H3,(H,22,24). The van der Waals surface area contributed by atoms with Gasteiger partial charge in [-0.15, -0.1) is 0 Å². The van der Waals surface area contributed by atoms with Crippen LogP contribution in [0.3, 0.4) is 0 Å². The molecule has 0 fully saturated rings. The Morgan fingerprint density at radius 2 is 1.82 bits per heavy atom. The normalized spacial score (nSPS) is 15.3. The summed E-state index contributed by atoms with van der Waals surface area (Å²) in [6.45, 7) is 6.43. The number of halogens is 1. The lowest BCUT2D eigenvalue weighted by atomic mass is 9.86. The van der Waals surface area contributed by atoms with Crippen LogP contribution in [0.25, 0.3) is 0 Å². The molecular weight excluding hydrogens is 399 g/mol. The van der Waals surface area contributed by atoms with Crippen molar-refractivity contribution in [1.82, 2.24) is 0 Å². The highest BCUT2D eigenvalue weighted by Gasteiger charge is 2.51. The van der Waals surface area contributed by atoms with Crippen molar-refractivity contribution >= 4 is 42.5 Å². The Balaban J connectivity index is 2.04. The molecule has 0 spiro atoms. The summed E-state index contributed by atoms with van der Waals surface area (Å²) in [6, 6.07) is 11.6. The maximum Gasteiger partial charge on any atom is 0.341 e. The molecule has 8 heteroatoms. The van der Waals surface area contributed by atoms with Crippen LogP contribution in [0.2, 0.25) is 5.02 Å². The van der Waals surface area contributed by atoms with Crippen LogP contribution in [0.1, 0.15) is 43.6 Å². The lowest BCUT2D eigenvalue weighted by Gasteiger charge is -2.30. The van der Waals surface area contributed by atoms with Crippen LogP contribution in [0.5, 0.6) is 0 Å². The van der Waals surface area contributed by atoms with Crippen LogP contribution in [0.15, 0.2) is 42.5 Å². The van der Waals surface area contributed by atoms with Gasteiger partial charge in [0.15, 0.2) is 5.28 Å². The van der Waals surface area contributed by atoms with E-state index in [9.17, 15) is 18.7 Å². The quantitative estimate of drug-likeness (QED) is 0.698. The summed E-state index contributed by atoms with van der Waals surface area (Å²) in [5.41, 5.74) is 1.07. The fraction of sp³-hybridized carbons (Fsp3) is 0.300. The third-order valence-corrected chi connectivity index (χ3v) is 6.32. The van der Waals surface area contributed by atoms with Gasteiger partial charge in [0, 0.05) is 16.3 Å². The molecule has 3 rings (SSSR count). The van der Waals surface area contributed by atoms with E-state index in [2.05, 4.69) is 5.32 Å². The monoisotopic (exact) mass is 418 g/mol. The summed E-state index contributed by atoms with van der Waals surface area (Å²) in [5, 5.41) is 1.82. The lowest BCUT2D eigenvalue weighted by molar-refractivity contribution is -0.122. The number of carbonyl (C=O) groups excluding carboxylic acids is 2. The number of anilines is 2. The first kappa shape index (κ1) is 20.3. The molecule has 2 aromatic rings. The van der Waals surface area contributed by atoms with Crippen molar-refractivity contribution in [2.45, 2.75) is 38.4 Å². The van der Waals surface area contributed by atoms with Gasteiger partial charge in [0.25, 0.3) is 5.91 Å².